The molecule has 1 N–H and O–H groups in total. The maximum atomic E-state index is 3.74. The molecule has 2 rings (SSSR count). The molecule has 1 fully saturated rings. The number of hydrogen-bond acceptors (Lipinski definition) is 2. The van der Waals surface area contributed by atoms with Crippen molar-refractivity contribution in [1.82, 2.24) is 10.2 Å². The minimum Gasteiger partial charge on any atom is -0.313 e. The molecule has 0 amide bonds. The zero-order valence-electron chi connectivity index (χ0n) is 11.9. The maximum Gasteiger partial charge on any atom is 0.0120 e. The van der Waals surface area contributed by atoms with Gasteiger partial charge in [-0.2, -0.15) is 0 Å². The van der Waals surface area contributed by atoms with E-state index in [4.69, 9.17) is 0 Å². The largest absolute Gasteiger partial charge is 0.313 e. The molecule has 2 heteroatoms. The molecule has 1 aromatic rings. The Bertz CT molecular complexity index is 349. The van der Waals surface area contributed by atoms with Gasteiger partial charge in [-0.25, -0.2) is 0 Å². The summed E-state index contributed by atoms with van der Waals surface area (Å²) in [6.45, 7) is 7.00. The number of piperidine rings is 1. The molecular weight excluding hydrogens is 220 g/mol. The first-order chi connectivity index (χ1) is 8.66. The van der Waals surface area contributed by atoms with Crippen LogP contribution in [0.15, 0.2) is 30.3 Å². The summed E-state index contributed by atoms with van der Waals surface area (Å²) in [7, 11) is 2.24. The zero-order valence-corrected chi connectivity index (χ0v) is 11.9. The van der Waals surface area contributed by atoms with Crippen LogP contribution in [0, 0.1) is 5.92 Å². The molecule has 1 saturated heterocycles. The molecule has 0 radical (unpaired) electrons. The maximum absolute atomic E-state index is 3.74. The van der Waals surface area contributed by atoms with Crippen molar-refractivity contribution < 1.29 is 0 Å². The molecule has 0 saturated carbocycles. The lowest BCUT2D eigenvalue weighted by molar-refractivity contribution is 0.122. The molecule has 100 valence electrons. The van der Waals surface area contributed by atoms with Gasteiger partial charge >= 0.3 is 0 Å². The Morgan fingerprint density at radius 2 is 1.94 bits per heavy atom. The van der Waals surface area contributed by atoms with Crippen LogP contribution >= 0.6 is 0 Å². The third kappa shape index (κ3) is 3.56. The van der Waals surface area contributed by atoms with Crippen molar-refractivity contribution in [3.63, 3.8) is 0 Å². The van der Waals surface area contributed by atoms with Crippen molar-refractivity contribution in [3.05, 3.63) is 35.9 Å². The number of benzene rings is 1. The van der Waals surface area contributed by atoms with Gasteiger partial charge in [0.25, 0.3) is 0 Å². The number of nitrogens with zero attached hydrogens (tertiary/aromatic N) is 1. The van der Waals surface area contributed by atoms with E-state index in [0.29, 0.717) is 12.1 Å². The monoisotopic (exact) mass is 246 g/mol. The summed E-state index contributed by atoms with van der Waals surface area (Å²) in [5, 5.41) is 3.74. The molecule has 0 unspecified atom stereocenters. The van der Waals surface area contributed by atoms with Crippen molar-refractivity contribution in [2.45, 2.75) is 38.8 Å². The Kier molecular flexibility index (Phi) is 4.79. The highest BCUT2D eigenvalue weighted by Gasteiger charge is 2.28. The van der Waals surface area contributed by atoms with Crippen molar-refractivity contribution in [2.75, 3.05) is 20.1 Å². The molecule has 0 aliphatic carbocycles. The summed E-state index contributed by atoms with van der Waals surface area (Å²) in [5.74, 6) is 0.752. The van der Waals surface area contributed by atoms with Gasteiger partial charge in [-0.05, 0) is 44.8 Å². The van der Waals surface area contributed by atoms with Gasteiger partial charge in [0.05, 0.1) is 0 Å². The fourth-order valence-corrected chi connectivity index (χ4v) is 2.87. The molecule has 1 aliphatic heterocycles. The van der Waals surface area contributed by atoms with Crippen LogP contribution in [0.2, 0.25) is 0 Å². The molecule has 18 heavy (non-hydrogen) atoms. The van der Waals surface area contributed by atoms with Crippen molar-refractivity contribution in [1.29, 1.82) is 0 Å². The minimum atomic E-state index is 0.680. The lowest BCUT2D eigenvalue weighted by Crippen LogP contribution is -2.51. The summed E-state index contributed by atoms with van der Waals surface area (Å²) >= 11 is 0. The van der Waals surface area contributed by atoms with Crippen molar-refractivity contribution in [3.8, 4) is 0 Å². The van der Waals surface area contributed by atoms with Gasteiger partial charge in [-0.15, -0.1) is 0 Å². The standard InChI is InChI=1S/C16H26N2/c1-13-12-18(3)14(2)11-16(13)17-10-9-15-7-5-4-6-8-15/h4-8,13-14,16-17H,9-12H2,1-3H3/t13-,14+,16-/m1/s1. The second kappa shape index (κ2) is 6.35. The van der Waals surface area contributed by atoms with E-state index in [1.807, 2.05) is 0 Å². The lowest BCUT2D eigenvalue weighted by atomic mass is 9.90. The van der Waals surface area contributed by atoms with Crippen LogP contribution in [0.5, 0.6) is 0 Å². The molecule has 1 heterocycles. The topological polar surface area (TPSA) is 15.3 Å². The minimum absolute atomic E-state index is 0.680. The van der Waals surface area contributed by atoms with Gasteiger partial charge in [-0.3, -0.25) is 0 Å². The van der Waals surface area contributed by atoms with E-state index >= 15 is 0 Å². The Balaban J connectivity index is 1.76. The predicted molar refractivity (Wildman–Crippen MR) is 77.8 cm³/mol. The molecule has 0 bridgehead atoms. The number of hydrogen-bond donors (Lipinski definition) is 1. The molecule has 1 aliphatic rings. The third-order valence-corrected chi connectivity index (χ3v) is 4.27. The fourth-order valence-electron chi connectivity index (χ4n) is 2.87. The predicted octanol–water partition coefficient (Wildman–Crippen LogP) is 2.55. The van der Waals surface area contributed by atoms with Gasteiger partial charge in [0.1, 0.15) is 0 Å². The zero-order chi connectivity index (χ0) is 13.0. The van der Waals surface area contributed by atoms with Gasteiger partial charge in [0, 0.05) is 18.6 Å². The SMILES string of the molecule is C[C@@H]1CN(C)[C@@H](C)C[C@H]1NCCc1ccccc1. The van der Waals surface area contributed by atoms with E-state index in [1.165, 1.54) is 18.5 Å². The first-order valence-electron chi connectivity index (χ1n) is 7.14. The molecular formula is C16H26N2. The van der Waals surface area contributed by atoms with Crippen LogP contribution in [0.1, 0.15) is 25.8 Å². The van der Waals surface area contributed by atoms with Crippen LogP contribution in [0.4, 0.5) is 0 Å². The highest BCUT2D eigenvalue weighted by molar-refractivity contribution is 5.14. The summed E-state index contributed by atoms with van der Waals surface area (Å²) in [6.07, 6.45) is 2.40. The molecule has 0 aromatic heterocycles. The quantitative estimate of drug-likeness (QED) is 0.878. The van der Waals surface area contributed by atoms with Crippen LogP contribution in [-0.2, 0) is 6.42 Å². The van der Waals surface area contributed by atoms with Crippen LogP contribution < -0.4 is 5.32 Å². The first kappa shape index (κ1) is 13.6. The van der Waals surface area contributed by atoms with E-state index in [1.54, 1.807) is 0 Å². The summed E-state index contributed by atoms with van der Waals surface area (Å²) < 4.78 is 0. The highest BCUT2D eigenvalue weighted by Crippen LogP contribution is 2.20. The lowest BCUT2D eigenvalue weighted by Gasteiger charge is -2.40. The third-order valence-electron chi connectivity index (χ3n) is 4.27. The molecule has 0 spiro atoms. The van der Waals surface area contributed by atoms with Crippen LogP contribution in [0.3, 0.4) is 0 Å². The Morgan fingerprint density at radius 3 is 2.67 bits per heavy atom. The van der Waals surface area contributed by atoms with Gasteiger partial charge < -0.3 is 10.2 Å². The Morgan fingerprint density at radius 1 is 1.22 bits per heavy atom. The number of nitrogens with one attached hydrogen (secondary N) is 1. The second-order valence-corrected chi connectivity index (χ2v) is 5.80. The average Bonchev–Trinajstić information content (AvgIpc) is 2.37. The highest BCUT2D eigenvalue weighted by atomic mass is 15.2. The molecule has 3 atom stereocenters. The smallest absolute Gasteiger partial charge is 0.0120 e. The summed E-state index contributed by atoms with van der Waals surface area (Å²) in [5.41, 5.74) is 1.43. The van der Waals surface area contributed by atoms with E-state index in [2.05, 4.69) is 61.4 Å². The summed E-state index contributed by atoms with van der Waals surface area (Å²) in [4.78, 5) is 2.47. The van der Waals surface area contributed by atoms with Gasteiger partial charge in [-0.1, -0.05) is 37.3 Å². The van der Waals surface area contributed by atoms with Gasteiger partial charge in [0.2, 0.25) is 0 Å². The molecule has 1 aromatic carbocycles. The van der Waals surface area contributed by atoms with Crippen LogP contribution in [0.25, 0.3) is 0 Å². The summed E-state index contributed by atoms with van der Waals surface area (Å²) in [6, 6.07) is 12.1. The van der Waals surface area contributed by atoms with E-state index in [-0.39, 0.29) is 0 Å². The normalized spacial score (nSPS) is 29.4. The second-order valence-electron chi connectivity index (χ2n) is 5.80. The van der Waals surface area contributed by atoms with Gasteiger partial charge in [0.15, 0.2) is 0 Å². The van der Waals surface area contributed by atoms with E-state index < -0.39 is 0 Å². The average molecular weight is 246 g/mol. The first-order valence-corrected chi connectivity index (χ1v) is 7.14. The Hall–Kier alpha value is -0.860. The number of likely N-dealkylation sites (tertiary alicyclic amines) is 1. The Labute approximate surface area is 111 Å². The van der Waals surface area contributed by atoms with Crippen molar-refractivity contribution in [2.24, 2.45) is 5.92 Å². The van der Waals surface area contributed by atoms with E-state index in [9.17, 15) is 0 Å². The van der Waals surface area contributed by atoms with E-state index in [0.717, 1.165) is 18.9 Å². The number of rotatable bonds is 4. The molecule has 2 nitrogen and oxygen atoms in total. The van der Waals surface area contributed by atoms with Crippen molar-refractivity contribution >= 4 is 0 Å². The van der Waals surface area contributed by atoms with Crippen LogP contribution in [-0.4, -0.2) is 37.1 Å². The fraction of sp³-hybridized carbons (Fsp3) is 0.625.